The van der Waals surface area contributed by atoms with Crippen molar-refractivity contribution in [3.8, 4) is 16.9 Å². The first-order valence-corrected chi connectivity index (χ1v) is 7.85. The molecule has 0 saturated carbocycles. The number of methoxy groups -OCH3 is 1. The molecule has 0 unspecified atom stereocenters. The average Bonchev–Trinajstić information content (AvgIpc) is 2.60. The lowest BCUT2D eigenvalue weighted by Gasteiger charge is -2.10. The van der Waals surface area contributed by atoms with Gasteiger partial charge in [-0.15, -0.1) is 0 Å². The molecule has 0 aliphatic heterocycles. The number of rotatable bonds is 4. The summed E-state index contributed by atoms with van der Waals surface area (Å²) in [6.07, 6.45) is 0. The van der Waals surface area contributed by atoms with Crippen LogP contribution >= 0.6 is 0 Å². The molecule has 2 aromatic carbocycles. The molecule has 136 valence electrons. The van der Waals surface area contributed by atoms with Crippen molar-refractivity contribution >= 4 is 16.9 Å². The van der Waals surface area contributed by atoms with Crippen molar-refractivity contribution in [1.29, 1.82) is 0 Å². The maximum Gasteiger partial charge on any atom is 0.341 e. The van der Waals surface area contributed by atoms with Crippen molar-refractivity contribution < 1.29 is 23.8 Å². The second-order valence-electron chi connectivity index (χ2n) is 5.54. The summed E-state index contributed by atoms with van der Waals surface area (Å²) in [5.41, 5.74) is 2.67. The van der Waals surface area contributed by atoms with Crippen LogP contribution in [0.25, 0.3) is 22.1 Å². The van der Waals surface area contributed by atoms with Gasteiger partial charge in [-0.1, -0.05) is 24.3 Å². The Morgan fingerprint density at radius 3 is 2.42 bits per heavy atom. The predicted molar refractivity (Wildman–Crippen MR) is 98.7 cm³/mol. The molecule has 0 saturated heterocycles. The van der Waals surface area contributed by atoms with Crippen LogP contribution in [0.1, 0.15) is 5.56 Å². The summed E-state index contributed by atoms with van der Waals surface area (Å²) in [6, 6.07) is 14.2. The number of hydrogen-bond acceptors (Lipinski definition) is 5. The van der Waals surface area contributed by atoms with Gasteiger partial charge in [0, 0.05) is 37.3 Å². The van der Waals surface area contributed by atoms with E-state index in [1.807, 2.05) is 31.2 Å². The van der Waals surface area contributed by atoms with Crippen LogP contribution in [0, 0.1) is 6.92 Å². The summed E-state index contributed by atoms with van der Waals surface area (Å²) in [6.45, 7) is 1.52. The highest BCUT2D eigenvalue weighted by atomic mass is 16.5. The summed E-state index contributed by atoms with van der Waals surface area (Å²) in [4.78, 5) is 22.4. The molecule has 1 heterocycles. The van der Waals surface area contributed by atoms with Gasteiger partial charge in [0.1, 0.15) is 11.3 Å². The minimum Gasteiger partial charge on any atom is -0.482 e. The first-order chi connectivity index (χ1) is 12.5. The third kappa shape index (κ3) is 4.70. The van der Waals surface area contributed by atoms with Gasteiger partial charge in [-0.3, -0.25) is 0 Å². The SMILES string of the molecule is COC.Cc1ccccc1-c1cc(=O)oc2cc(OCC(=O)O)ccc12. The van der Waals surface area contributed by atoms with Crippen LogP contribution in [0.4, 0.5) is 0 Å². The normalized spacial score (nSPS) is 10.1. The summed E-state index contributed by atoms with van der Waals surface area (Å²) in [5.74, 6) is -0.731. The van der Waals surface area contributed by atoms with E-state index in [0.717, 1.165) is 22.1 Å². The summed E-state index contributed by atoms with van der Waals surface area (Å²) < 4.78 is 14.6. The maximum absolute atomic E-state index is 11.9. The van der Waals surface area contributed by atoms with Crippen LogP contribution in [0.3, 0.4) is 0 Å². The molecule has 0 bridgehead atoms. The van der Waals surface area contributed by atoms with Gasteiger partial charge in [-0.25, -0.2) is 9.59 Å². The third-order valence-electron chi connectivity index (χ3n) is 3.51. The summed E-state index contributed by atoms with van der Waals surface area (Å²) in [5, 5.41) is 9.42. The molecule has 0 atom stereocenters. The number of carboxylic acid groups (broad SMARTS) is 1. The highest BCUT2D eigenvalue weighted by Gasteiger charge is 2.11. The molecule has 3 aromatic rings. The van der Waals surface area contributed by atoms with E-state index in [2.05, 4.69) is 4.74 Å². The Hall–Kier alpha value is -3.12. The van der Waals surface area contributed by atoms with Crippen LogP contribution in [0.5, 0.6) is 5.75 Å². The lowest BCUT2D eigenvalue weighted by Crippen LogP contribution is -2.09. The lowest BCUT2D eigenvalue weighted by atomic mass is 9.98. The largest absolute Gasteiger partial charge is 0.482 e. The van der Waals surface area contributed by atoms with Gasteiger partial charge in [0.25, 0.3) is 0 Å². The first kappa shape index (κ1) is 19.2. The third-order valence-corrected chi connectivity index (χ3v) is 3.51. The van der Waals surface area contributed by atoms with Crippen molar-refractivity contribution in [3.05, 3.63) is 64.5 Å². The second-order valence-corrected chi connectivity index (χ2v) is 5.54. The Kier molecular flexibility index (Phi) is 6.52. The standard InChI is InChI=1S/C18H14O5.C2H6O/c1-11-4-2-3-5-13(11)15-9-18(21)23-16-8-12(6-7-14(15)16)22-10-17(19)20;1-3-2/h2-9H,10H2,1H3,(H,19,20);1-2H3. The quantitative estimate of drug-likeness (QED) is 0.720. The monoisotopic (exact) mass is 356 g/mol. The van der Waals surface area contributed by atoms with E-state index in [0.29, 0.717) is 11.3 Å². The molecular weight excluding hydrogens is 336 g/mol. The molecule has 1 N–H and O–H groups in total. The van der Waals surface area contributed by atoms with E-state index in [9.17, 15) is 9.59 Å². The van der Waals surface area contributed by atoms with E-state index in [-0.39, 0.29) is 0 Å². The average molecular weight is 356 g/mol. The number of carbonyl (C=O) groups is 1. The van der Waals surface area contributed by atoms with Crippen LogP contribution in [0.2, 0.25) is 0 Å². The zero-order valence-corrected chi connectivity index (χ0v) is 14.8. The van der Waals surface area contributed by atoms with Crippen molar-refractivity contribution in [2.75, 3.05) is 20.8 Å². The molecule has 1 aromatic heterocycles. The minimum atomic E-state index is -1.07. The van der Waals surface area contributed by atoms with Crippen molar-refractivity contribution in [2.24, 2.45) is 0 Å². The highest BCUT2D eigenvalue weighted by molar-refractivity contribution is 5.94. The van der Waals surface area contributed by atoms with E-state index in [1.54, 1.807) is 26.4 Å². The Balaban J connectivity index is 0.000000758. The fourth-order valence-corrected chi connectivity index (χ4v) is 2.48. The lowest BCUT2D eigenvalue weighted by molar-refractivity contribution is -0.139. The van der Waals surface area contributed by atoms with Crippen LogP contribution in [0.15, 0.2) is 57.7 Å². The van der Waals surface area contributed by atoms with Crippen LogP contribution in [-0.4, -0.2) is 31.9 Å². The maximum atomic E-state index is 11.9. The van der Waals surface area contributed by atoms with E-state index in [1.165, 1.54) is 12.1 Å². The number of hydrogen-bond donors (Lipinski definition) is 1. The molecule has 0 aliphatic rings. The highest BCUT2D eigenvalue weighted by Crippen LogP contribution is 2.31. The van der Waals surface area contributed by atoms with E-state index in [4.69, 9.17) is 14.3 Å². The molecule has 0 radical (unpaired) electrons. The molecular formula is C20H20O6. The fourth-order valence-electron chi connectivity index (χ4n) is 2.48. The number of benzene rings is 2. The van der Waals surface area contributed by atoms with Gasteiger partial charge in [-0.2, -0.15) is 0 Å². The molecule has 0 amide bonds. The van der Waals surface area contributed by atoms with Gasteiger partial charge in [0.05, 0.1) is 0 Å². The van der Waals surface area contributed by atoms with Crippen molar-refractivity contribution in [3.63, 3.8) is 0 Å². The van der Waals surface area contributed by atoms with Gasteiger partial charge >= 0.3 is 11.6 Å². The summed E-state index contributed by atoms with van der Waals surface area (Å²) in [7, 11) is 3.25. The molecule has 6 heteroatoms. The number of aryl methyl sites for hydroxylation is 1. The Morgan fingerprint density at radius 2 is 1.77 bits per heavy atom. The zero-order valence-electron chi connectivity index (χ0n) is 14.8. The first-order valence-electron chi connectivity index (χ1n) is 7.85. The Labute approximate surface area is 150 Å². The van der Waals surface area contributed by atoms with Gasteiger partial charge < -0.3 is 19.0 Å². The number of carboxylic acids is 1. The van der Waals surface area contributed by atoms with Crippen LogP contribution in [-0.2, 0) is 9.53 Å². The van der Waals surface area contributed by atoms with E-state index >= 15 is 0 Å². The van der Waals surface area contributed by atoms with Gasteiger partial charge in [0.2, 0.25) is 0 Å². The zero-order chi connectivity index (χ0) is 19.1. The number of fused-ring (bicyclic) bond motifs is 1. The predicted octanol–water partition coefficient (Wildman–Crippen LogP) is 3.49. The van der Waals surface area contributed by atoms with E-state index < -0.39 is 18.2 Å². The Bertz CT molecular complexity index is 958. The van der Waals surface area contributed by atoms with Crippen LogP contribution < -0.4 is 10.4 Å². The molecule has 0 spiro atoms. The van der Waals surface area contributed by atoms with Crippen molar-refractivity contribution in [2.45, 2.75) is 6.92 Å². The number of ether oxygens (including phenoxy) is 2. The molecule has 26 heavy (non-hydrogen) atoms. The fraction of sp³-hybridized carbons (Fsp3) is 0.200. The minimum absolute atomic E-state index is 0.338. The molecule has 0 aliphatic carbocycles. The van der Waals surface area contributed by atoms with Crippen molar-refractivity contribution in [1.82, 2.24) is 0 Å². The second kappa shape index (κ2) is 8.82. The smallest absolute Gasteiger partial charge is 0.341 e. The molecule has 6 nitrogen and oxygen atoms in total. The van der Waals surface area contributed by atoms with Gasteiger partial charge in [-0.05, 0) is 30.2 Å². The van der Waals surface area contributed by atoms with Gasteiger partial charge in [0.15, 0.2) is 6.61 Å². The topological polar surface area (TPSA) is 86.0 Å². The number of aliphatic carboxylic acids is 1. The Morgan fingerprint density at radius 1 is 1.08 bits per heavy atom. The molecule has 3 rings (SSSR count). The summed E-state index contributed by atoms with van der Waals surface area (Å²) >= 11 is 0. The molecule has 0 fully saturated rings.